The van der Waals surface area contributed by atoms with E-state index in [4.69, 9.17) is 25.8 Å². The minimum absolute atomic E-state index is 0.140. The highest BCUT2D eigenvalue weighted by molar-refractivity contribution is 7.99. The number of hydrogen-bond donors (Lipinski definition) is 0. The van der Waals surface area contributed by atoms with Gasteiger partial charge >= 0.3 is 11.9 Å². The zero-order valence-electron chi connectivity index (χ0n) is 22.5. The van der Waals surface area contributed by atoms with E-state index in [1.54, 1.807) is 18.7 Å². The molecule has 0 saturated carbocycles. The summed E-state index contributed by atoms with van der Waals surface area (Å²) in [5.41, 5.74) is 1.63. The maximum absolute atomic E-state index is 12.5. The molecule has 2 aromatic rings. The Hall–Kier alpha value is -2.44. The van der Waals surface area contributed by atoms with Crippen LogP contribution in [0.1, 0.15) is 58.9 Å². The van der Waals surface area contributed by atoms with Crippen molar-refractivity contribution in [3.63, 3.8) is 0 Å². The standard InChI is InChI=1S/C30H39ClO5S/c1-20(2)29(21(3)4)23-9-13-25(14-10-23)35-18-26(19-37-27-15-11-24(31)12-16-27)36-28(32)8-7-17-34-30(33)22(5)6/h9-16,20-21,26,29H,5,7-8,17-19H2,1-4,6H3. The summed E-state index contributed by atoms with van der Waals surface area (Å²) in [5.74, 6) is 2.02. The van der Waals surface area contributed by atoms with Gasteiger partial charge in [-0.05, 0) is 73.1 Å². The van der Waals surface area contributed by atoms with Gasteiger partial charge in [0.05, 0.1) is 6.61 Å². The lowest BCUT2D eigenvalue weighted by atomic mass is 9.80. The third kappa shape index (κ3) is 11.2. The number of rotatable bonds is 15. The summed E-state index contributed by atoms with van der Waals surface area (Å²) < 4.78 is 16.8. The van der Waals surface area contributed by atoms with Crippen LogP contribution in [0.5, 0.6) is 5.75 Å². The molecule has 2 aromatic carbocycles. The van der Waals surface area contributed by atoms with Gasteiger partial charge in [-0.2, -0.15) is 0 Å². The third-order valence-corrected chi connectivity index (χ3v) is 7.19. The Morgan fingerprint density at radius 1 is 0.973 bits per heavy atom. The molecule has 1 atom stereocenters. The Morgan fingerprint density at radius 3 is 2.16 bits per heavy atom. The van der Waals surface area contributed by atoms with Gasteiger partial charge in [0.1, 0.15) is 18.5 Å². The van der Waals surface area contributed by atoms with Crippen LogP contribution in [0.3, 0.4) is 0 Å². The van der Waals surface area contributed by atoms with Crippen LogP contribution in [-0.4, -0.2) is 37.0 Å². The average Bonchev–Trinajstić information content (AvgIpc) is 2.84. The summed E-state index contributed by atoms with van der Waals surface area (Å²) in [6.45, 7) is 14.5. The molecule has 37 heavy (non-hydrogen) atoms. The highest BCUT2D eigenvalue weighted by Crippen LogP contribution is 2.32. The number of carbonyl (C=O) groups excluding carboxylic acids is 2. The molecular weight excluding hydrogens is 508 g/mol. The highest BCUT2D eigenvalue weighted by atomic mass is 35.5. The van der Waals surface area contributed by atoms with Crippen LogP contribution in [0.25, 0.3) is 0 Å². The summed E-state index contributed by atoms with van der Waals surface area (Å²) in [6, 6.07) is 15.7. The van der Waals surface area contributed by atoms with E-state index in [0.29, 0.717) is 40.5 Å². The molecule has 0 aliphatic carbocycles. The summed E-state index contributed by atoms with van der Waals surface area (Å²) in [4.78, 5) is 25.0. The molecule has 0 aliphatic heterocycles. The molecule has 5 nitrogen and oxygen atoms in total. The number of halogens is 1. The fourth-order valence-corrected chi connectivity index (χ4v) is 5.10. The van der Waals surface area contributed by atoms with E-state index in [-0.39, 0.29) is 25.6 Å². The normalized spacial score (nSPS) is 12.0. The molecule has 0 saturated heterocycles. The summed E-state index contributed by atoms with van der Waals surface area (Å²) in [5, 5.41) is 0.670. The smallest absolute Gasteiger partial charge is 0.333 e. The molecule has 202 valence electrons. The lowest BCUT2D eigenvalue weighted by molar-refractivity contribution is -0.150. The topological polar surface area (TPSA) is 61.8 Å². The Bertz CT molecular complexity index is 994. The molecule has 0 fully saturated rings. The number of thioether (sulfide) groups is 1. The first-order valence-corrected chi connectivity index (χ1v) is 14.1. The zero-order chi connectivity index (χ0) is 27.4. The molecule has 0 heterocycles. The molecule has 0 N–H and O–H groups in total. The van der Waals surface area contributed by atoms with Crippen molar-refractivity contribution in [1.29, 1.82) is 0 Å². The highest BCUT2D eigenvalue weighted by Gasteiger charge is 2.20. The van der Waals surface area contributed by atoms with Crippen molar-refractivity contribution in [2.24, 2.45) is 11.8 Å². The van der Waals surface area contributed by atoms with E-state index in [1.807, 2.05) is 36.4 Å². The van der Waals surface area contributed by atoms with Crippen LogP contribution in [0.2, 0.25) is 5.02 Å². The van der Waals surface area contributed by atoms with Crippen molar-refractivity contribution in [2.45, 2.75) is 64.4 Å². The number of carbonyl (C=O) groups is 2. The Morgan fingerprint density at radius 2 is 1.59 bits per heavy atom. The first kappa shape index (κ1) is 30.8. The number of ether oxygens (including phenoxy) is 3. The monoisotopic (exact) mass is 546 g/mol. The number of benzene rings is 2. The fourth-order valence-electron chi connectivity index (χ4n) is 4.10. The van der Waals surface area contributed by atoms with Crippen molar-refractivity contribution in [3.05, 3.63) is 71.3 Å². The fraction of sp³-hybridized carbons (Fsp3) is 0.467. The second-order valence-electron chi connectivity index (χ2n) is 9.79. The molecule has 7 heteroatoms. The molecule has 0 radical (unpaired) electrons. The predicted octanol–water partition coefficient (Wildman–Crippen LogP) is 7.72. The molecule has 0 aromatic heterocycles. The van der Waals surface area contributed by atoms with Crippen molar-refractivity contribution in [1.82, 2.24) is 0 Å². The molecule has 0 bridgehead atoms. The number of esters is 2. The Kier molecular flexibility index (Phi) is 13.1. The van der Waals surface area contributed by atoms with Crippen molar-refractivity contribution >= 4 is 35.3 Å². The molecule has 2 rings (SSSR count). The number of hydrogen-bond acceptors (Lipinski definition) is 6. The van der Waals surface area contributed by atoms with Gasteiger partial charge in [-0.15, -0.1) is 11.8 Å². The van der Waals surface area contributed by atoms with Crippen molar-refractivity contribution < 1.29 is 23.8 Å². The second-order valence-corrected chi connectivity index (χ2v) is 11.3. The molecular formula is C30H39ClO5S. The minimum Gasteiger partial charge on any atom is -0.490 e. The minimum atomic E-state index is -0.460. The average molecular weight is 547 g/mol. The van der Waals surface area contributed by atoms with E-state index in [9.17, 15) is 9.59 Å². The largest absolute Gasteiger partial charge is 0.490 e. The summed E-state index contributed by atoms with van der Waals surface area (Å²) in [7, 11) is 0. The van der Waals surface area contributed by atoms with Gasteiger partial charge in [-0.3, -0.25) is 4.79 Å². The lowest BCUT2D eigenvalue weighted by Crippen LogP contribution is -2.27. The lowest BCUT2D eigenvalue weighted by Gasteiger charge is -2.25. The molecule has 0 amide bonds. The molecule has 0 spiro atoms. The maximum atomic E-state index is 12.5. The van der Waals surface area contributed by atoms with Gasteiger partial charge in [0.25, 0.3) is 0 Å². The van der Waals surface area contributed by atoms with E-state index in [1.165, 1.54) is 5.56 Å². The van der Waals surface area contributed by atoms with Crippen LogP contribution in [-0.2, 0) is 19.1 Å². The summed E-state index contributed by atoms with van der Waals surface area (Å²) in [6.07, 6.45) is 0.0702. The van der Waals surface area contributed by atoms with Gasteiger partial charge in [0.15, 0.2) is 0 Å². The Balaban J connectivity index is 1.96. The SMILES string of the molecule is C=C(C)C(=O)OCCCC(=O)OC(COc1ccc(C(C(C)C)C(C)C)cc1)CSc1ccc(Cl)cc1. The zero-order valence-corrected chi connectivity index (χ0v) is 24.1. The second kappa shape index (κ2) is 15.7. The Labute approximate surface area is 230 Å². The maximum Gasteiger partial charge on any atom is 0.333 e. The third-order valence-electron chi connectivity index (χ3n) is 5.79. The van der Waals surface area contributed by atoms with Gasteiger partial charge in [0, 0.05) is 27.7 Å². The van der Waals surface area contributed by atoms with E-state index in [2.05, 4.69) is 46.4 Å². The predicted molar refractivity (Wildman–Crippen MR) is 151 cm³/mol. The van der Waals surface area contributed by atoms with Crippen LogP contribution in [0.4, 0.5) is 0 Å². The van der Waals surface area contributed by atoms with Gasteiger partial charge in [-0.1, -0.05) is 58.0 Å². The molecule has 0 aliphatic rings. The van der Waals surface area contributed by atoms with Gasteiger partial charge in [-0.25, -0.2) is 4.79 Å². The summed E-state index contributed by atoms with van der Waals surface area (Å²) >= 11 is 7.56. The van der Waals surface area contributed by atoms with Crippen LogP contribution >= 0.6 is 23.4 Å². The quantitative estimate of drug-likeness (QED) is 0.0986. The first-order valence-electron chi connectivity index (χ1n) is 12.7. The van der Waals surface area contributed by atoms with Crippen LogP contribution in [0, 0.1) is 11.8 Å². The van der Waals surface area contributed by atoms with Crippen molar-refractivity contribution in [3.8, 4) is 5.75 Å². The van der Waals surface area contributed by atoms with E-state index < -0.39 is 12.1 Å². The van der Waals surface area contributed by atoms with Crippen molar-refractivity contribution in [2.75, 3.05) is 19.0 Å². The first-order chi connectivity index (χ1) is 17.6. The van der Waals surface area contributed by atoms with E-state index in [0.717, 1.165) is 10.6 Å². The van der Waals surface area contributed by atoms with Crippen LogP contribution < -0.4 is 4.74 Å². The molecule has 1 unspecified atom stereocenters. The van der Waals surface area contributed by atoms with Gasteiger partial charge < -0.3 is 14.2 Å². The van der Waals surface area contributed by atoms with Crippen LogP contribution in [0.15, 0.2) is 65.6 Å². The van der Waals surface area contributed by atoms with Gasteiger partial charge in [0.2, 0.25) is 0 Å². The van der Waals surface area contributed by atoms with E-state index >= 15 is 0 Å².